The summed E-state index contributed by atoms with van der Waals surface area (Å²) in [5.41, 5.74) is 0. The molecule has 8 heteroatoms. The van der Waals surface area contributed by atoms with Crippen LogP contribution in [0.2, 0.25) is 0 Å². The van der Waals surface area contributed by atoms with E-state index in [1.807, 2.05) is 30.3 Å². The molecule has 0 saturated heterocycles. The number of sulfonamides is 1. The van der Waals surface area contributed by atoms with Crippen LogP contribution < -0.4 is 10.1 Å². The van der Waals surface area contributed by atoms with Gasteiger partial charge in [0, 0.05) is 20.0 Å². The first-order valence-electron chi connectivity index (χ1n) is 8.56. The lowest BCUT2D eigenvalue weighted by atomic mass is 10.3. The predicted molar refractivity (Wildman–Crippen MR) is 100 cm³/mol. The van der Waals surface area contributed by atoms with Crippen LogP contribution in [0.4, 0.5) is 4.39 Å². The molecule has 0 aliphatic carbocycles. The van der Waals surface area contributed by atoms with E-state index in [4.69, 9.17) is 4.74 Å². The molecule has 0 radical (unpaired) electrons. The fraction of sp³-hybridized carbons (Fsp3) is 0.316. The number of nitrogens with zero attached hydrogens (tertiary/aromatic N) is 1. The maximum Gasteiger partial charge on any atom is 0.242 e. The molecule has 2 aromatic rings. The van der Waals surface area contributed by atoms with Crippen LogP contribution in [-0.4, -0.2) is 45.4 Å². The molecule has 0 atom stereocenters. The van der Waals surface area contributed by atoms with Crippen molar-refractivity contribution in [3.05, 3.63) is 60.4 Å². The molecule has 0 aromatic heterocycles. The van der Waals surface area contributed by atoms with Gasteiger partial charge in [-0.1, -0.05) is 18.2 Å². The number of nitrogens with one attached hydrogen (secondary N) is 1. The van der Waals surface area contributed by atoms with E-state index in [2.05, 4.69) is 5.32 Å². The smallest absolute Gasteiger partial charge is 0.242 e. The molecule has 0 spiro atoms. The quantitative estimate of drug-likeness (QED) is 0.628. The first kappa shape index (κ1) is 20.9. The van der Waals surface area contributed by atoms with Crippen molar-refractivity contribution in [3.63, 3.8) is 0 Å². The maximum absolute atomic E-state index is 12.9. The molecule has 0 bridgehead atoms. The van der Waals surface area contributed by atoms with Crippen molar-refractivity contribution < 1.29 is 22.3 Å². The van der Waals surface area contributed by atoms with Gasteiger partial charge in [0.2, 0.25) is 15.9 Å². The van der Waals surface area contributed by atoms with E-state index in [0.717, 1.165) is 22.2 Å². The van der Waals surface area contributed by atoms with Gasteiger partial charge in [-0.25, -0.2) is 17.1 Å². The molecule has 27 heavy (non-hydrogen) atoms. The average molecular weight is 394 g/mol. The standard InChI is InChI=1S/C19H23FN2O4S/c1-22(27(24,25)18-11-9-16(20)10-12-18)14-5-8-19(23)21-13-15-26-17-6-3-2-4-7-17/h2-4,6-7,9-12H,5,8,13-15H2,1H3,(H,21,23). The highest BCUT2D eigenvalue weighted by Gasteiger charge is 2.20. The second-order valence-electron chi connectivity index (χ2n) is 5.90. The van der Waals surface area contributed by atoms with E-state index < -0.39 is 15.8 Å². The Labute approximate surface area is 159 Å². The van der Waals surface area contributed by atoms with Crippen LogP contribution in [0.15, 0.2) is 59.5 Å². The molecule has 1 amide bonds. The normalized spacial score (nSPS) is 11.4. The summed E-state index contributed by atoms with van der Waals surface area (Å²) in [6.07, 6.45) is 0.580. The number of hydrogen-bond donors (Lipinski definition) is 1. The van der Waals surface area contributed by atoms with E-state index in [-0.39, 0.29) is 23.8 Å². The predicted octanol–water partition coefficient (Wildman–Crippen LogP) is 2.42. The van der Waals surface area contributed by atoms with Gasteiger partial charge in [0.05, 0.1) is 11.4 Å². The molecule has 2 rings (SSSR count). The third-order valence-corrected chi connectivity index (χ3v) is 5.71. The lowest BCUT2D eigenvalue weighted by molar-refractivity contribution is -0.121. The molecular weight excluding hydrogens is 371 g/mol. The zero-order valence-electron chi connectivity index (χ0n) is 15.1. The van der Waals surface area contributed by atoms with Crippen LogP contribution in [0.5, 0.6) is 5.75 Å². The molecule has 2 aromatic carbocycles. The summed E-state index contributed by atoms with van der Waals surface area (Å²) < 4.78 is 44.3. The molecular formula is C19H23FN2O4S. The van der Waals surface area contributed by atoms with Crippen LogP contribution in [0.25, 0.3) is 0 Å². The number of rotatable bonds is 10. The van der Waals surface area contributed by atoms with E-state index in [1.165, 1.54) is 19.2 Å². The van der Waals surface area contributed by atoms with Gasteiger partial charge in [-0.3, -0.25) is 4.79 Å². The Balaban J connectivity index is 1.67. The summed E-state index contributed by atoms with van der Waals surface area (Å²) in [4.78, 5) is 11.8. The summed E-state index contributed by atoms with van der Waals surface area (Å²) in [6, 6.07) is 13.9. The Hall–Kier alpha value is -2.45. The number of halogens is 1. The molecule has 0 heterocycles. The number of benzene rings is 2. The minimum Gasteiger partial charge on any atom is -0.492 e. The molecule has 0 aliphatic rings. The first-order chi connectivity index (χ1) is 12.9. The second-order valence-corrected chi connectivity index (χ2v) is 7.94. The largest absolute Gasteiger partial charge is 0.492 e. The Kier molecular flexibility index (Phi) is 7.75. The van der Waals surface area contributed by atoms with Crippen molar-refractivity contribution in [1.29, 1.82) is 0 Å². The van der Waals surface area contributed by atoms with Gasteiger partial charge in [-0.2, -0.15) is 0 Å². The SMILES string of the molecule is CN(CCCC(=O)NCCOc1ccccc1)S(=O)(=O)c1ccc(F)cc1. The van der Waals surface area contributed by atoms with Gasteiger partial charge < -0.3 is 10.1 Å². The zero-order chi connectivity index (χ0) is 19.7. The van der Waals surface area contributed by atoms with E-state index in [0.29, 0.717) is 19.6 Å². The number of para-hydroxylation sites is 1. The fourth-order valence-corrected chi connectivity index (χ4v) is 3.54. The Morgan fingerprint density at radius 1 is 1.11 bits per heavy atom. The Morgan fingerprint density at radius 3 is 2.44 bits per heavy atom. The van der Waals surface area contributed by atoms with Gasteiger partial charge in [-0.15, -0.1) is 0 Å². The minimum atomic E-state index is -3.69. The first-order valence-corrected chi connectivity index (χ1v) is 10.00. The van der Waals surface area contributed by atoms with Crippen LogP contribution >= 0.6 is 0 Å². The second kappa shape index (κ2) is 10.0. The lowest BCUT2D eigenvalue weighted by Gasteiger charge is -2.17. The average Bonchev–Trinajstić information content (AvgIpc) is 2.66. The van der Waals surface area contributed by atoms with Gasteiger partial charge in [0.25, 0.3) is 0 Å². The highest BCUT2D eigenvalue weighted by atomic mass is 32.2. The topological polar surface area (TPSA) is 75.7 Å². The molecule has 1 N–H and O–H groups in total. The molecule has 0 saturated carbocycles. The minimum absolute atomic E-state index is 0.0221. The number of amides is 1. The molecule has 146 valence electrons. The van der Waals surface area contributed by atoms with Crippen LogP contribution in [0.1, 0.15) is 12.8 Å². The molecule has 0 fully saturated rings. The fourth-order valence-electron chi connectivity index (χ4n) is 2.33. The maximum atomic E-state index is 12.9. The summed E-state index contributed by atoms with van der Waals surface area (Å²) >= 11 is 0. The molecule has 0 aliphatic heterocycles. The number of ether oxygens (including phenoxy) is 1. The van der Waals surface area contributed by atoms with Crippen molar-refractivity contribution in [3.8, 4) is 5.75 Å². The van der Waals surface area contributed by atoms with Crippen LogP contribution in [0.3, 0.4) is 0 Å². The monoisotopic (exact) mass is 394 g/mol. The lowest BCUT2D eigenvalue weighted by Crippen LogP contribution is -2.31. The van der Waals surface area contributed by atoms with E-state index >= 15 is 0 Å². The zero-order valence-corrected chi connectivity index (χ0v) is 15.9. The van der Waals surface area contributed by atoms with Crippen LogP contribution in [0, 0.1) is 5.82 Å². The third kappa shape index (κ3) is 6.65. The number of carbonyl (C=O) groups is 1. The molecule has 0 unspecified atom stereocenters. The summed E-state index contributed by atoms with van der Waals surface area (Å²) in [5.74, 6) is 0.0723. The highest BCUT2D eigenvalue weighted by Crippen LogP contribution is 2.15. The molecule has 6 nitrogen and oxygen atoms in total. The van der Waals surface area contributed by atoms with Crippen LogP contribution in [-0.2, 0) is 14.8 Å². The third-order valence-electron chi connectivity index (χ3n) is 3.83. The van der Waals surface area contributed by atoms with Gasteiger partial charge >= 0.3 is 0 Å². The number of carbonyl (C=O) groups excluding carboxylic acids is 1. The summed E-state index contributed by atoms with van der Waals surface area (Å²) in [7, 11) is -2.26. The highest BCUT2D eigenvalue weighted by molar-refractivity contribution is 7.89. The summed E-state index contributed by atoms with van der Waals surface area (Å²) in [5, 5.41) is 2.73. The Morgan fingerprint density at radius 2 is 1.78 bits per heavy atom. The summed E-state index contributed by atoms with van der Waals surface area (Å²) in [6.45, 7) is 0.916. The van der Waals surface area contributed by atoms with Gasteiger partial charge in [-0.05, 0) is 42.8 Å². The van der Waals surface area contributed by atoms with E-state index in [9.17, 15) is 17.6 Å². The van der Waals surface area contributed by atoms with Gasteiger partial charge in [0.1, 0.15) is 18.2 Å². The van der Waals surface area contributed by atoms with Crippen molar-refractivity contribution in [1.82, 2.24) is 9.62 Å². The van der Waals surface area contributed by atoms with Gasteiger partial charge in [0.15, 0.2) is 0 Å². The van der Waals surface area contributed by atoms with Crippen molar-refractivity contribution >= 4 is 15.9 Å². The number of hydrogen-bond acceptors (Lipinski definition) is 4. The Bertz CT molecular complexity index is 827. The van der Waals surface area contributed by atoms with Crippen molar-refractivity contribution in [2.24, 2.45) is 0 Å². The van der Waals surface area contributed by atoms with Crippen molar-refractivity contribution in [2.45, 2.75) is 17.7 Å². The van der Waals surface area contributed by atoms with Crippen molar-refractivity contribution in [2.75, 3.05) is 26.7 Å². The van der Waals surface area contributed by atoms with E-state index in [1.54, 1.807) is 0 Å².